The summed E-state index contributed by atoms with van der Waals surface area (Å²) in [5.41, 5.74) is 1.26. The molecular formula is C30H36FN3O5S. The SMILES string of the molecule is CC[C@H](C)NC(=O)[C@H](Cc1ccccc1)N(Cc1ccccc1F)C(=O)CN(c1ccc(OC)cc1)S(C)(=O)=O. The van der Waals surface area contributed by atoms with Crippen molar-refractivity contribution in [3.05, 3.63) is 95.8 Å². The van der Waals surface area contributed by atoms with E-state index in [0.717, 1.165) is 16.1 Å². The Labute approximate surface area is 235 Å². The molecule has 3 aromatic rings. The van der Waals surface area contributed by atoms with Crippen LogP contribution < -0.4 is 14.4 Å². The number of anilines is 1. The van der Waals surface area contributed by atoms with E-state index in [1.54, 1.807) is 24.3 Å². The van der Waals surface area contributed by atoms with Crippen molar-refractivity contribution in [2.75, 3.05) is 24.2 Å². The largest absolute Gasteiger partial charge is 0.497 e. The molecule has 0 radical (unpaired) electrons. The lowest BCUT2D eigenvalue weighted by atomic mass is 10.0. The number of amides is 2. The van der Waals surface area contributed by atoms with Gasteiger partial charge in [0.05, 0.1) is 19.1 Å². The van der Waals surface area contributed by atoms with E-state index in [9.17, 15) is 22.4 Å². The Morgan fingerprint density at radius 1 is 0.975 bits per heavy atom. The standard InChI is InChI=1S/C30H36FN3O5S/c1-5-22(2)32-30(36)28(19-23-11-7-6-8-12-23)33(20-24-13-9-10-14-27(24)31)29(35)21-34(40(4,37)38)25-15-17-26(39-3)18-16-25/h6-18,22,28H,5,19-21H2,1-4H3,(H,32,36)/t22-,28-/m0/s1. The van der Waals surface area contributed by atoms with E-state index in [1.165, 1.54) is 36.3 Å². The smallest absolute Gasteiger partial charge is 0.244 e. The summed E-state index contributed by atoms with van der Waals surface area (Å²) in [4.78, 5) is 28.9. The van der Waals surface area contributed by atoms with Crippen LogP contribution in [0.3, 0.4) is 0 Å². The molecule has 1 N–H and O–H groups in total. The van der Waals surface area contributed by atoms with Gasteiger partial charge >= 0.3 is 0 Å². The molecule has 0 saturated heterocycles. The van der Waals surface area contributed by atoms with Crippen LogP contribution in [0.15, 0.2) is 78.9 Å². The highest BCUT2D eigenvalue weighted by atomic mass is 32.2. The zero-order chi connectivity index (χ0) is 29.3. The van der Waals surface area contributed by atoms with Crippen LogP contribution in [-0.4, -0.2) is 57.1 Å². The van der Waals surface area contributed by atoms with Crippen molar-refractivity contribution in [2.45, 2.75) is 45.3 Å². The van der Waals surface area contributed by atoms with Crippen LogP contribution in [0.2, 0.25) is 0 Å². The van der Waals surface area contributed by atoms with Crippen molar-refractivity contribution < 1.29 is 27.1 Å². The quantitative estimate of drug-likeness (QED) is 0.334. The summed E-state index contributed by atoms with van der Waals surface area (Å²) in [5, 5.41) is 2.94. The highest BCUT2D eigenvalue weighted by molar-refractivity contribution is 7.92. The lowest BCUT2D eigenvalue weighted by Crippen LogP contribution is -2.54. The number of carbonyl (C=O) groups excluding carboxylic acids is 2. The average molecular weight is 570 g/mol. The predicted molar refractivity (Wildman–Crippen MR) is 154 cm³/mol. The number of halogens is 1. The fraction of sp³-hybridized carbons (Fsp3) is 0.333. The number of sulfonamides is 1. The van der Waals surface area contributed by atoms with Crippen molar-refractivity contribution in [1.29, 1.82) is 0 Å². The van der Waals surface area contributed by atoms with Crippen molar-refractivity contribution in [3.8, 4) is 5.75 Å². The summed E-state index contributed by atoms with van der Waals surface area (Å²) < 4.78 is 46.6. The van der Waals surface area contributed by atoms with Crippen LogP contribution in [0, 0.1) is 5.82 Å². The molecule has 8 nitrogen and oxygen atoms in total. The first-order chi connectivity index (χ1) is 19.0. The molecule has 0 aromatic heterocycles. The highest BCUT2D eigenvalue weighted by Crippen LogP contribution is 2.23. The minimum Gasteiger partial charge on any atom is -0.497 e. The van der Waals surface area contributed by atoms with Gasteiger partial charge in [0.2, 0.25) is 21.8 Å². The van der Waals surface area contributed by atoms with Gasteiger partial charge in [-0.25, -0.2) is 12.8 Å². The molecule has 2 atom stereocenters. The van der Waals surface area contributed by atoms with Gasteiger partial charge in [0, 0.05) is 24.6 Å². The van der Waals surface area contributed by atoms with E-state index >= 15 is 0 Å². The fourth-order valence-electron chi connectivity index (χ4n) is 4.17. The molecule has 3 aromatic carbocycles. The third-order valence-electron chi connectivity index (χ3n) is 6.61. The molecule has 10 heteroatoms. The number of nitrogens with zero attached hydrogens (tertiary/aromatic N) is 2. The summed E-state index contributed by atoms with van der Waals surface area (Å²) in [6, 6.07) is 20.3. The lowest BCUT2D eigenvalue weighted by molar-refractivity contribution is -0.140. The first-order valence-corrected chi connectivity index (χ1v) is 14.9. The van der Waals surface area contributed by atoms with Gasteiger partial charge in [-0.15, -0.1) is 0 Å². The van der Waals surface area contributed by atoms with Crippen LogP contribution in [0.25, 0.3) is 0 Å². The molecular weight excluding hydrogens is 533 g/mol. The Bertz CT molecular complexity index is 1380. The van der Waals surface area contributed by atoms with E-state index < -0.39 is 40.2 Å². The molecule has 214 valence electrons. The molecule has 0 aliphatic rings. The molecule has 40 heavy (non-hydrogen) atoms. The Balaban J connectivity index is 2.06. The molecule has 0 heterocycles. The number of nitrogens with one attached hydrogen (secondary N) is 1. The number of hydrogen-bond donors (Lipinski definition) is 1. The molecule has 0 fully saturated rings. The lowest BCUT2D eigenvalue weighted by Gasteiger charge is -2.34. The monoisotopic (exact) mass is 569 g/mol. The number of methoxy groups -OCH3 is 1. The summed E-state index contributed by atoms with van der Waals surface area (Å²) in [6.45, 7) is 2.98. The Kier molecular flexibility index (Phi) is 10.7. The summed E-state index contributed by atoms with van der Waals surface area (Å²) in [7, 11) is -2.41. The second kappa shape index (κ2) is 13.9. The van der Waals surface area contributed by atoms with Gasteiger partial charge in [-0.2, -0.15) is 0 Å². The number of rotatable bonds is 13. The minimum absolute atomic E-state index is 0.157. The molecule has 0 saturated carbocycles. The maximum absolute atomic E-state index is 14.8. The van der Waals surface area contributed by atoms with E-state index in [0.29, 0.717) is 12.2 Å². The van der Waals surface area contributed by atoms with Crippen LogP contribution in [-0.2, 0) is 32.6 Å². The van der Waals surface area contributed by atoms with Gasteiger partial charge in [0.25, 0.3) is 0 Å². The van der Waals surface area contributed by atoms with Gasteiger partial charge < -0.3 is 15.0 Å². The number of hydrogen-bond acceptors (Lipinski definition) is 5. The topological polar surface area (TPSA) is 96.0 Å². The molecule has 3 rings (SSSR count). The Hall–Kier alpha value is -3.92. The predicted octanol–water partition coefficient (Wildman–Crippen LogP) is 4.16. The van der Waals surface area contributed by atoms with Gasteiger partial charge in [-0.1, -0.05) is 55.5 Å². The second-order valence-electron chi connectivity index (χ2n) is 9.60. The number of ether oxygens (including phenoxy) is 1. The number of carbonyl (C=O) groups is 2. The van der Waals surface area contributed by atoms with Gasteiger partial charge in [-0.3, -0.25) is 13.9 Å². The van der Waals surface area contributed by atoms with Crippen LogP contribution in [0.1, 0.15) is 31.4 Å². The molecule has 0 bridgehead atoms. The molecule has 0 aliphatic heterocycles. The molecule has 0 unspecified atom stereocenters. The van der Waals surface area contributed by atoms with Crippen molar-refractivity contribution >= 4 is 27.5 Å². The van der Waals surface area contributed by atoms with Crippen LogP contribution in [0.5, 0.6) is 5.75 Å². The maximum Gasteiger partial charge on any atom is 0.244 e. The molecule has 0 aliphatic carbocycles. The average Bonchev–Trinajstić information content (AvgIpc) is 2.94. The normalized spacial score (nSPS) is 12.7. The van der Waals surface area contributed by atoms with Crippen LogP contribution in [0.4, 0.5) is 10.1 Å². The van der Waals surface area contributed by atoms with E-state index in [2.05, 4.69) is 5.32 Å². The van der Waals surface area contributed by atoms with E-state index in [1.807, 2.05) is 44.2 Å². The molecule has 2 amide bonds. The summed E-state index contributed by atoms with van der Waals surface area (Å²) in [6.07, 6.45) is 1.83. The van der Waals surface area contributed by atoms with Crippen LogP contribution >= 0.6 is 0 Å². The number of benzene rings is 3. The van der Waals surface area contributed by atoms with E-state index in [-0.39, 0.29) is 30.3 Å². The summed E-state index contributed by atoms with van der Waals surface area (Å²) >= 11 is 0. The zero-order valence-corrected chi connectivity index (χ0v) is 24.0. The minimum atomic E-state index is -3.90. The van der Waals surface area contributed by atoms with Gasteiger partial charge in [0.1, 0.15) is 24.2 Å². The summed E-state index contributed by atoms with van der Waals surface area (Å²) in [5.74, 6) is -1.06. The highest BCUT2D eigenvalue weighted by Gasteiger charge is 2.33. The van der Waals surface area contributed by atoms with Crippen molar-refractivity contribution in [1.82, 2.24) is 10.2 Å². The Morgan fingerprint density at radius 2 is 1.60 bits per heavy atom. The third-order valence-corrected chi connectivity index (χ3v) is 7.75. The zero-order valence-electron chi connectivity index (χ0n) is 23.2. The third kappa shape index (κ3) is 8.29. The first kappa shape index (κ1) is 30.6. The maximum atomic E-state index is 14.8. The second-order valence-corrected chi connectivity index (χ2v) is 11.5. The van der Waals surface area contributed by atoms with E-state index in [4.69, 9.17) is 4.74 Å². The van der Waals surface area contributed by atoms with Gasteiger partial charge in [0.15, 0.2) is 0 Å². The Morgan fingerprint density at radius 3 is 2.17 bits per heavy atom. The van der Waals surface area contributed by atoms with Crippen molar-refractivity contribution in [3.63, 3.8) is 0 Å². The van der Waals surface area contributed by atoms with Crippen molar-refractivity contribution in [2.24, 2.45) is 0 Å². The van der Waals surface area contributed by atoms with Gasteiger partial charge in [-0.05, 0) is 49.2 Å². The molecule has 0 spiro atoms. The first-order valence-electron chi connectivity index (χ1n) is 13.0. The fourth-order valence-corrected chi connectivity index (χ4v) is 5.02.